The Kier molecular flexibility index (Phi) is 2.95. The van der Waals surface area contributed by atoms with Gasteiger partial charge in [0.15, 0.2) is 0 Å². The molecule has 4 rings (SSSR count). The van der Waals surface area contributed by atoms with Gasteiger partial charge in [-0.1, -0.05) is 0 Å². The number of aryl methyl sites for hydroxylation is 1. The first kappa shape index (κ1) is 10.9. The van der Waals surface area contributed by atoms with Crippen molar-refractivity contribution >= 4 is 45.0 Å². The van der Waals surface area contributed by atoms with Crippen LogP contribution >= 0.6 is 0 Å². The molecule has 1 fully saturated rings. The Bertz CT molecular complexity index is 419. The molecule has 1 aromatic rings. The van der Waals surface area contributed by atoms with E-state index in [1.165, 1.54) is 29.6 Å². The monoisotopic (exact) mass is 446 g/mol. The number of fused-ring (bicyclic) bond motifs is 5. The van der Waals surface area contributed by atoms with Gasteiger partial charge in [-0.25, -0.2) is 0 Å². The molecule has 3 aliphatic rings. The topological polar surface area (TPSA) is 0 Å². The van der Waals surface area contributed by atoms with Crippen LogP contribution < -0.4 is 3.61 Å². The molecule has 1 aromatic heterocycles. The van der Waals surface area contributed by atoms with Gasteiger partial charge in [0.05, 0.1) is 0 Å². The molecule has 1 saturated carbocycles. The van der Waals surface area contributed by atoms with Crippen molar-refractivity contribution < 1.29 is 0 Å². The summed E-state index contributed by atoms with van der Waals surface area (Å²) in [5.41, 5.74) is 1.97. The van der Waals surface area contributed by atoms with Gasteiger partial charge in [-0.15, -0.1) is 0 Å². The summed E-state index contributed by atoms with van der Waals surface area (Å²) in [6.45, 7) is 0. The molecule has 0 amide bonds. The molecule has 0 N–H and O–H groups in total. The van der Waals surface area contributed by atoms with Crippen LogP contribution in [0.15, 0.2) is 0 Å². The number of hydrogen-bond donors (Lipinski definition) is 0. The third kappa shape index (κ3) is 1.61. The molecule has 0 spiro atoms. The van der Waals surface area contributed by atoms with E-state index in [9.17, 15) is 0 Å². The van der Waals surface area contributed by atoms with Crippen LogP contribution in [-0.4, -0.2) is 41.4 Å². The maximum atomic E-state index is 2.12. The van der Waals surface area contributed by atoms with E-state index in [2.05, 4.69) is 7.19 Å². The summed E-state index contributed by atoms with van der Waals surface area (Å²) < 4.78 is 7.44. The molecule has 2 unspecified atom stereocenters. The van der Waals surface area contributed by atoms with Gasteiger partial charge < -0.3 is 0 Å². The average molecular weight is 441 g/mol. The van der Waals surface area contributed by atoms with Gasteiger partial charge in [0.25, 0.3) is 0 Å². The van der Waals surface area contributed by atoms with Gasteiger partial charge in [0.2, 0.25) is 0 Å². The fourth-order valence-corrected chi connectivity index (χ4v) is 15.8. The van der Waals surface area contributed by atoms with Crippen molar-refractivity contribution in [1.29, 1.82) is 0 Å². The maximum absolute atomic E-state index is 2.12. The molecule has 0 bridgehead atoms. The van der Waals surface area contributed by atoms with E-state index in [4.69, 9.17) is 0 Å². The zero-order valence-corrected chi connectivity index (χ0v) is 14.3. The van der Waals surface area contributed by atoms with E-state index in [1.54, 1.807) is 25.7 Å². The van der Waals surface area contributed by atoms with Crippen LogP contribution in [0.1, 0.15) is 57.2 Å². The summed E-state index contributed by atoms with van der Waals surface area (Å²) in [6.07, 6.45) is 12.3. The van der Waals surface area contributed by atoms with Crippen molar-refractivity contribution in [1.82, 2.24) is 0 Å². The van der Waals surface area contributed by atoms with Gasteiger partial charge in [-0.3, -0.25) is 0 Å². The molecule has 2 heterocycles. The van der Waals surface area contributed by atoms with Crippen molar-refractivity contribution in [2.24, 2.45) is 0 Å². The van der Waals surface area contributed by atoms with E-state index in [0.29, 0.717) is 0 Å². The van der Waals surface area contributed by atoms with Crippen molar-refractivity contribution in [3.63, 3.8) is 0 Å². The van der Waals surface area contributed by atoms with Crippen molar-refractivity contribution in [2.75, 3.05) is 0 Å². The molecule has 0 nitrogen and oxygen atoms in total. The summed E-state index contributed by atoms with van der Waals surface area (Å²) in [5.74, 6) is 1.14. The van der Waals surface area contributed by atoms with Gasteiger partial charge in [0, 0.05) is 0 Å². The quantitative estimate of drug-likeness (QED) is 0.543. The first-order valence-corrected chi connectivity index (χ1v) is 11.6. The molecule has 2 aliphatic carbocycles. The molecule has 0 aromatic carbocycles. The molecule has 1 aliphatic heterocycles. The molecule has 2 atom stereocenters. The Morgan fingerprint density at radius 3 is 2.81 bits per heavy atom. The second kappa shape index (κ2) is 4.31. The van der Waals surface area contributed by atoms with Crippen LogP contribution in [0.4, 0.5) is 0 Å². The Morgan fingerprint density at radius 2 is 1.81 bits per heavy atom. The normalized spacial score (nSPS) is 32.0. The van der Waals surface area contributed by atoms with E-state index in [1.807, 2.05) is 9.14 Å². The van der Waals surface area contributed by atoms with Crippen LogP contribution in [-0.2, 0) is 12.8 Å². The van der Waals surface area contributed by atoms with E-state index in [-0.39, 0.29) is 41.4 Å². The molecule has 2 heteroatoms. The molecule has 86 valence electrons. The zero-order valence-electron chi connectivity index (χ0n) is 9.63. The van der Waals surface area contributed by atoms with Crippen LogP contribution in [0.3, 0.4) is 0 Å². The summed E-state index contributed by atoms with van der Waals surface area (Å²) in [5, 5.41) is 0. The predicted octanol–water partition coefficient (Wildman–Crippen LogP) is 2.41. The zero-order chi connectivity index (χ0) is 10.5. The second-order valence-electron chi connectivity index (χ2n) is 5.45. The van der Waals surface area contributed by atoms with Crippen molar-refractivity contribution in [3.8, 4) is 0 Å². The standard InChI is InChI=1S/C14H18Te2/c1-3-7-11-9(5-1)13-14(15-11)10-6-2-4-8-12(10)16-13/h9,11H,1-8H2. The second-order valence-corrected chi connectivity index (χ2v) is 12.3. The van der Waals surface area contributed by atoms with Crippen LogP contribution in [0.5, 0.6) is 0 Å². The van der Waals surface area contributed by atoms with Crippen LogP contribution in [0, 0.1) is 0 Å². The summed E-state index contributed by atoms with van der Waals surface area (Å²) in [4.78, 5) is 0. The number of hydrogen-bond acceptors (Lipinski definition) is 0. The molecular weight excluding hydrogens is 423 g/mol. The first-order chi connectivity index (χ1) is 7.93. The fraction of sp³-hybridized carbons (Fsp3) is 0.714. The van der Waals surface area contributed by atoms with E-state index in [0.717, 1.165) is 5.92 Å². The minimum absolute atomic E-state index is 0.191. The Morgan fingerprint density at radius 1 is 0.938 bits per heavy atom. The number of rotatable bonds is 0. The van der Waals surface area contributed by atoms with Crippen LogP contribution in [0.25, 0.3) is 0 Å². The van der Waals surface area contributed by atoms with E-state index >= 15 is 0 Å². The summed E-state index contributed by atoms with van der Waals surface area (Å²) >= 11 is 0.444. The fourth-order valence-electron chi connectivity index (χ4n) is 3.62. The molecule has 0 radical (unpaired) electrons. The third-order valence-electron chi connectivity index (χ3n) is 4.46. The van der Waals surface area contributed by atoms with Gasteiger partial charge in [0.1, 0.15) is 0 Å². The Hall–Kier alpha value is 1.06. The van der Waals surface area contributed by atoms with Crippen molar-refractivity contribution in [2.45, 2.75) is 61.3 Å². The van der Waals surface area contributed by atoms with Gasteiger partial charge >= 0.3 is 119 Å². The van der Waals surface area contributed by atoms with Gasteiger partial charge in [-0.05, 0) is 0 Å². The molecule has 0 saturated heterocycles. The first-order valence-electron chi connectivity index (χ1n) is 6.74. The molecular formula is C14H18Te2. The third-order valence-corrected chi connectivity index (χ3v) is 14.2. The van der Waals surface area contributed by atoms with Gasteiger partial charge in [-0.2, -0.15) is 0 Å². The minimum atomic E-state index is 0.191. The van der Waals surface area contributed by atoms with Crippen molar-refractivity contribution in [3.05, 3.63) is 12.7 Å². The summed E-state index contributed by atoms with van der Waals surface area (Å²) in [6, 6.07) is 0. The summed E-state index contributed by atoms with van der Waals surface area (Å²) in [7, 11) is 0. The predicted molar refractivity (Wildman–Crippen MR) is 70.4 cm³/mol. The Balaban J connectivity index is 1.78. The van der Waals surface area contributed by atoms with Crippen LogP contribution in [0.2, 0.25) is 3.97 Å². The van der Waals surface area contributed by atoms with E-state index < -0.39 is 0 Å². The average Bonchev–Trinajstić information content (AvgIpc) is 2.85. The SMILES string of the molecule is C1CCc2c([te]c3c2[Te]C2CCCCC32)C1. The Labute approximate surface area is 118 Å². The molecule has 16 heavy (non-hydrogen) atoms.